The summed E-state index contributed by atoms with van der Waals surface area (Å²) >= 11 is 0. The molecule has 0 amide bonds. The molecule has 0 bridgehead atoms. The maximum Gasteiger partial charge on any atom is 0.137 e. The van der Waals surface area contributed by atoms with Crippen LogP contribution in [0.1, 0.15) is 70.8 Å². The van der Waals surface area contributed by atoms with Crippen LogP contribution in [0.25, 0.3) is 0 Å². The summed E-state index contributed by atoms with van der Waals surface area (Å²) in [5, 5.41) is 11.1. The van der Waals surface area contributed by atoms with Crippen molar-refractivity contribution in [3.63, 3.8) is 0 Å². The number of hydrogen-bond acceptors (Lipinski definition) is 3. The third-order valence-corrected chi connectivity index (χ3v) is 4.59. The molecule has 1 aliphatic rings. The van der Waals surface area contributed by atoms with Gasteiger partial charge in [-0.05, 0) is 44.1 Å². The highest BCUT2D eigenvalue weighted by molar-refractivity contribution is 5.28. The van der Waals surface area contributed by atoms with Crippen LogP contribution in [0, 0.1) is 5.92 Å². The number of pyridine rings is 1. The van der Waals surface area contributed by atoms with E-state index < -0.39 is 5.60 Å². The minimum atomic E-state index is -0.721. The van der Waals surface area contributed by atoms with Crippen LogP contribution in [0.15, 0.2) is 18.5 Å². The Morgan fingerprint density at radius 3 is 2.86 bits per heavy atom. The molecule has 1 fully saturated rings. The molecule has 2 rings (SSSR count). The van der Waals surface area contributed by atoms with Gasteiger partial charge in [0.25, 0.3) is 0 Å². The molecule has 1 aromatic rings. The van der Waals surface area contributed by atoms with Crippen molar-refractivity contribution in [3.8, 4) is 5.75 Å². The van der Waals surface area contributed by atoms with Gasteiger partial charge in [0.1, 0.15) is 5.75 Å². The quantitative estimate of drug-likeness (QED) is 0.788. The van der Waals surface area contributed by atoms with Crippen molar-refractivity contribution in [3.05, 3.63) is 24.0 Å². The van der Waals surface area contributed by atoms with Crippen molar-refractivity contribution in [2.75, 3.05) is 6.61 Å². The fourth-order valence-electron chi connectivity index (χ4n) is 3.35. The van der Waals surface area contributed by atoms with Gasteiger partial charge in [0.05, 0.1) is 18.4 Å². The molecule has 1 N–H and O–H groups in total. The van der Waals surface area contributed by atoms with E-state index in [0.29, 0.717) is 6.61 Å². The number of nitrogens with zero attached hydrogens (tertiary/aromatic N) is 1. The molecule has 1 aliphatic carbocycles. The van der Waals surface area contributed by atoms with Gasteiger partial charge in [0.15, 0.2) is 0 Å². The van der Waals surface area contributed by atoms with Gasteiger partial charge >= 0.3 is 0 Å². The van der Waals surface area contributed by atoms with Crippen molar-refractivity contribution in [1.29, 1.82) is 0 Å². The lowest BCUT2D eigenvalue weighted by Crippen LogP contribution is -2.25. The van der Waals surface area contributed by atoms with E-state index in [9.17, 15) is 5.11 Å². The maximum absolute atomic E-state index is 11.1. The molecule has 0 aliphatic heterocycles. The van der Waals surface area contributed by atoms with Crippen LogP contribution in [-0.2, 0) is 5.60 Å². The minimum absolute atomic E-state index is 0.697. The van der Waals surface area contributed by atoms with Gasteiger partial charge in [-0.3, -0.25) is 4.98 Å². The Morgan fingerprint density at radius 2 is 2.10 bits per heavy atom. The van der Waals surface area contributed by atoms with Gasteiger partial charge in [-0.2, -0.15) is 0 Å². The van der Waals surface area contributed by atoms with Gasteiger partial charge in [0, 0.05) is 11.8 Å². The molecule has 1 saturated carbocycles. The van der Waals surface area contributed by atoms with Crippen LogP contribution >= 0.6 is 0 Å². The van der Waals surface area contributed by atoms with E-state index in [1.807, 2.05) is 6.07 Å². The summed E-state index contributed by atoms with van der Waals surface area (Å²) in [4.78, 5) is 4.26. The average molecular weight is 291 g/mol. The fraction of sp³-hybridized carbons (Fsp3) is 0.722. The van der Waals surface area contributed by atoms with E-state index in [0.717, 1.165) is 49.3 Å². The third-order valence-electron chi connectivity index (χ3n) is 4.59. The Labute approximate surface area is 128 Å². The molecule has 21 heavy (non-hydrogen) atoms. The van der Waals surface area contributed by atoms with Crippen molar-refractivity contribution >= 4 is 0 Å². The molecular weight excluding hydrogens is 262 g/mol. The van der Waals surface area contributed by atoms with Crippen LogP contribution in [0.2, 0.25) is 0 Å². The average Bonchev–Trinajstić information content (AvgIpc) is 2.69. The van der Waals surface area contributed by atoms with E-state index in [2.05, 4.69) is 18.8 Å². The van der Waals surface area contributed by atoms with Crippen molar-refractivity contribution < 1.29 is 9.84 Å². The number of rotatable bonds is 6. The smallest absolute Gasteiger partial charge is 0.137 e. The van der Waals surface area contributed by atoms with Crippen LogP contribution in [0.4, 0.5) is 0 Å². The molecule has 0 radical (unpaired) electrons. The number of aromatic nitrogens is 1. The summed E-state index contributed by atoms with van der Waals surface area (Å²) in [7, 11) is 0. The topological polar surface area (TPSA) is 42.4 Å². The highest BCUT2D eigenvalue weighted by Crippen LogP contribution is 2.39. The number of aliphatic hydroxyl groups is 1. The molecule has 0 aromatic carbocycles. The minimum Gasteiger partial charge on any atom is -0.492 e. The van der Waals surface area contributed by atoms with E-state index in [1.165, 1.54) is 19.3 Å². The summed E-state index contributed by atoms with van der Waals surface area (Å²) < 4.78 is 5.65. The first-order chi connectivity index (χ1) is 10.2. The first-order valence-electron chi connectivity index (χ1n) is 8.48. The first-order valence-corrected chi connectivity index (χ1v) is 8.48. The number of ether oxygens (including phenoxy) is 1. The lowest BCUT2D eigenvalue weighted by atomic mass is 9.87. The van der Waals surface area contributed by atoms with Gasteiger partial charge in [0.2, 0.25) is 0 Å². The summed E-state index contributed by atoms with van der Waals surface area (Å²) in [6, 6.07) is 1.98. The zero-order valence-corrected chi connectivity index (χ0v) is 13.5. The molecule has 1 aromatic heterocycles. The summed E-state index contributed by atoms with van der Waals surface area (Å²) in [6.45, 7) is 5.03. The lowest BCUT2D eigenvalue weighted by molar-refractivity contribution is 0.0189. The maximum atomic E-state index is 11.1. The molecule has 0 spiro atoms. The Kier molecular flexibility index (Phi) is 6.04. The highest BCUT2D eigenvalue weighted by atomic mass is 16.5. The lowest BCUT2D eigenvalue weighted by Gasteiger charge is -2.27. The normalized spacial score (nSPS) is 26.3. The second-order valence-electron chi connectivity index (χ2n) is 6.37. The fourth-order valence-corrected chi connectivity index (χ4v) is 3.35. The zero-order chi connectivity index (χ0) is 15.1. The third kappa shape index (κ3) is 4.44. The van der Waals surface area contributed by atoms with Crippen LogP contribution in [0.5, 0.6) is 5.75 Å². The van der Waals surface area contributed by atoms with Crippen LogP contribution in [0.3, 0.4) is 0 Å². The van der Waals surface area contributed by atoms with E-state index >= 15 is 0 Å². The first kappa shape index (κ1) is 16.3. The van der Waals surface area contributed by atoms with Gasteiger partial charge in [-0.15, -0.1) is 0 Å². The predicted molar refractivity (Wildman–Crippen MR) is 85.4 cm³/mol. The molecular formula is C18H29NO2. The Hall–Kier alpha value is -1.09. The van der Waals surface area contributed by atoms with E-state index in [4.69, 9.17) is 4.74 Å². The largest absolute Gasteiger partial charge is 0.492 e. The zero-order valence-electron chi connectivity index (χ0n) is 13.5. The Balaban J connectivity index is 2.08. The SMILES string of the molecule is CCCOc1cncc(C2(O)CCCC(CCC)CC2)c1. The van der Waals surface area contributed by atoms with Gasteiger partial charge in [-0.25, -0.2) is 0 Å². The van der Waals surface area contributed by atoms with Crippen LogP contribution in [-0.4, -0.2) is 16.7 Å². The van der Waals surface area contributed by atoms with E-state index in [1.54, 1.807) is 12.4 Å². The molecule has 3 heteroatoms. The summed E-state index contributed by atoms with van der Waals surface area (Å²) in [5.74, 6) is 1.55. The van der Waals surface area contributed by atoms with Crippen molar-refractivity contribution in [2.24, 2.45) is 5.92 Å². The molecule has 2 atom stereocenters. The standard InChI is InChI=1S/C18H29NO2/c1-3-6-15-7-5-9-18(20,10-8-15)16-12-17(14-19-13-16)21-11-4-2/h12-15,20H,3-11H2,1-2H3. The van der Waals surface area contributed by atoms with E-state index in [-0.39, 0.29) is 0 Å². The van der Waals surface area contributed by atoms with Crippen molar-refractivity contribution in [1.82, 2.24) is 4.98 Å². The van der Waals surface area contributed by atoms with Gasteiger partial charge in [-0.1, -0.05) is 33.1 Å². The molecule has 1 heterocycles. The Bertz CT molecular complexity index is 435. The Morgan fingerprint density at radius 1 is 1.24 bits per heavy atom. The molecule has 2 unspecified atom stereocenters. The summed E-state index contributed by atoms with van der Waals surface area (Å²) in [5.41, 5.74) is 0.203. The highest BCUT2D eigenvalue weighted by Gasteiger charge is 2.33. The van der Waals surface area contributed by atoms with Crippen molar-refractivity contribution in [2.45, 2.75) is 70.8 Å². The van der Waals surface area contributed by atoms with Crippen LogP contribution < -0.4 is 4.74 Å². The summed E-state index contributed by atoms with van der Waals surface area (Å²) in [6.07, 6.45) is 12.2. The molecule has 118 valence electrons. The monoisotopic (exact) mass is 291 g/mol. The molecule has 0 saturated heterocycles. The predicted octanol–water partition coefficient (Wildman–Crippen LogP) is 4.44. The van der Waals surface area contributed by atoms with Gasteiger partial charge < -0.3 is 9.84 Å². The molecule has 3 nitrogen and oxygen atoms in total. The second kappa shape index (κ2) is 7.79. The second-order valence-corrected chi connectivity index (χ2v) is 6.37. The number of hydrogen-bond donors (Lipinski definition) is 1.